The molecule has 2 nitrogen and oxygen atoms in total. The molecule has 0 amide bonds. The molecule has 1 aromatic carbocycles. The molecule has 14 heavy (non-hydrogen) atoms. The number of benzene rings is 1. The molecule has 1 radical (unpaired) electrons. The Labute approximate surface area is 83.2 Å². The monoisotopic (exact) mass is 184 g/mol. The fraction of sp³-hybridized carbons (Fsp3) is 0. The van der Waals surface area contributed by atoms with E-state index < -0.39 is 0 Å². The maximum Gasteiger partial charge on any atom is 0.183 e. The van der Waals surface area contributed by atoms with Crippen molar-refractivity contribution in [3.63, 3.8) is 0 Å². The van der Waals surface area contributed by atoms with E-state index in [1.54, 1.807) is 12.8 Å². The summed E-state index contributed by atoms with van der Waals surface area (Å²) >= 11 is 0. The van der Waals surface area contributed by atoms with E-state index in [4.69, 9.17) is 4.74 Å². The van der Waals surface area contributed by atoms with Crippen LogP contribution in [0.1, 0.15) is 5.69 Å². The molecule has 0 atom stereocenters. The molecule has 0 spiro atoms. The quantitative estimate of drug-likeness (QED) is 0.731. The summed E-state index contributed by atoms with van der Waals surface area (Å²) in [5, 5.41) is 0. The summed E-state index contributed by atoms with van der Waals surface area (Å²) in [6.07, 6.45) is 1.74. The van der Waals surface area contributed by atoms with E-state index in [1.165, 1.54) is 0 Å². The number of ether oxygens (including phenoxy) is 1. The Morgan fingerprint density at radius 3 is 2.43 bits per heavy atom. The van der Waals surface area contributed by atoms with Crippen LogP contribution < -0.4 is 4.74 Å². The van der Waals surface area contributed by atoms with Crippen LogP contribution in [0.4, 0.5) is 0 Å². The van der Waals surface area contributed by atoms with Crippen LogP contribution in [0.25, 0.3) is 0 Å². The molecule has 0 bridgehead atoms. The van der Waals surface area contributed by atoms with E-state index in [-0.39, 0.29) is 0 Å². The van der Waals surface area contributed by atoms with Gasteiger partial charge in [0.25, 0.3) is 0 Å². The highest BCUT2D eigenvalue weighted by Crippen LogP contribution is 2.11. The highest BCUT2D eigenvalue weighted by atomic mass is 16.5. The lowest BCUT2D eigenvalue weighted by Gasteiger charge is -2.03. The van der Waals surface area contributed by atoms with Gasteiger partial charge in [0, 0.05) is 6.20 Å². The summed E-state index contributed by atoms with van der Waals surface area (Å²) < 4.78 is 5.40. The van der Waals surface area contributed by atoms with Gasteiger partial charge in [-0.05, 0) is 24.3 Å². The van der Waals surface area contributed by atoms with Gasteiger partial charge >= 0.3 is 0 Å². The summed E-state index contributed by atoms with van der Waals surface area (Å²) in [6, 6.07) is 15.3. The molecule has 2 rings (SSSR count). The summed E-state index contributed by atoms with van der Waals surface area (Å²) in [7, 11) is 0. The zero-order valence-electron chi connectivity index (χ0n) is 7.63. The number of aromatic nitrogens is 1. The van der Waals surface area contributed by atoms with Crippen LogP contribution >= 0.6 is 0 Å². The Hall–Kier alpha value is -1.83. The first-order chi connectivity index (χ1) is 6.95. The molecule has 0 aliphatic rings. The summed E-state index contributed by atoms with van der Waals surface area (Å²) in [5.41, 5.74) is 0.816. The molecular weight excluding hydrogens is 174 g/mol. The molecule has 1 aromatic heterocycles. The number of pyridine rings is 1. The maximum absolute atomic E-state index is 5.40. The average Bonchev–Trinajstić information content (AvgIpc) is 2.29. The first-order valence-corrected chi connectivity index (χ1v) is 4.41. The molecule has 2 heteroatoms. The number of nitrogens with zero attached hydrogens (tertiary/aromatic N) is 1. The van der Waals surface area contributed by atoms with Crippen LogP contribution in [0.2, 0.25) is 0 Å². The molecule has 0 saturated heterocycles. The Bertz CT molecular complexity index is 333. The maximum atomic E-state index is 5.40. The van der Waals surface area contributed by atoms with Gasteiger partial charge in [0.2, 0.25) is 0 Å². The fourth-order valence-corrected chi connectivity index (χ4v) is 1.07. The van der Waals surface area contributed by atoms with Crippen molar-refractivity contribution < 1.29 is 4.74 Å². The molecule has 0 saturated carbocycles. The zero-order valence-corrected chi connectivity index (χ0v) is 7.63. The normalized spacial score (nSPS) is 9.71. The molecule has 1 heterocycles. The smallest absolute Gasteiger partial charge is 0.183 e. The van der Waals surface area contributed by atoms with Crippen LogP contribution in [0, 0.1) is 6.61 Å². The number of hydrogen-bond donors (Lipinski definition) is 0. The molecule has 69 valence electrons. The lowest BCUT2D eigenvalue weighted by Crippen LogP contribution is -1.93. The van der Waals surface area contributed by atoms with Crippen LogP contribution in [-0.4, -0.2) is 4.98 Å². The van der Waals surface area contributed by atoms with E-state index in [0.717, 1.165) is 11.4 Å². The first kappa shape index (κ1) is 8.75. The minimum atomic E-state index is 0.816. The molecular formula is C12H10NO. The average molecular weight is 184 g/mol. The Balaban J connectivity index is 1.96. The number of rotatable bonds is 3. The van der Waals surface area contributed by atoms with Crippen LogP contribution in [0.3, 0.4) is 0 Å². The summed E-state index contributed by atoms with van der Waals surface area (Å²) in [5.74, 6) is 0.818. The summed E-state index contributed by atoms with van der Waals surface area (Å²) in [6.45, 7) is 1.63. The third-order valence-corrected chi connectivity index (χ3v) is 1.75. The van der Waals surface area contributed by atoms with Gasteiger partial charge in [0.1, 0.15) is 5.75 Å². The fourth-order valence-electron chi connectivity index (χ4n) is 1.07. The van der Waals surface area contributed by atoms with Gasteiger partial charge < -0.3 is 4.74 Å². The third-order valence-electron chi connectivity index (χ3n) is 1.75. The first-order valence-electron chi connectivity index (χ1n) is 4.41. The topological polar surface area (TPSA) is 22.1 Å². The Kier molecular flexibility index (Phi) is 2.76. The second-order valence-electron chi connectivity index (χ2n) is 2.80. The lowest BCUT2D eigenvalue weighted by molar-refractivity contribution is 0.424. The van der Waals surface area contributed by atoms with Crippen molar-refractivity contribution in [1.29, 1.82) is 0 Å². The molecule has 0 aliphatic carbocycles. The van der Waals surface area contributed by atoms with Gasteiger partial charge in [0.05, 0.1) is 5.69 Å². The van der Waals surface area contributed by atoms with Gasteiger partial charge in [-0.25, -0.2) is 0 Å². The molecule has 0 N–H and O–H groups in total. The van der Waals surface area contributed by atoms with Crippen molar-refractivity contribution in [2.45, 2.75) is 0 Å². The minimum Gasteiger partial charge on any atom is -0.480 e. The van der Waals surface area contributed by atoms with Crippen molar-refractivity contribution in [3.8, 4) is 5.75 Å². The van der Waals surface area contributed by atoms with E-state index in [1.807, 2.05) is 48.5 Å². The van der Waals surface area contributed by atoms with E-state index in [0.29, 0.717) is 0 Å². The zero-order chi connectivity index (χ0) is 9.64. The van der Waals surface area contributed by atoms with Crippen molar-refractivity contribution >= 4 is 0 Å². The van der Waals surface area contributed by atoms with E-state index in [2.05, 4.69) is 4.98 Å². The second-order valence-corrected chi connectivity index (χ2v) is 2.80. The number of hydrogen-bond acceptors (Lipinski definition) is 2. The minimum absolute atomic E-state index is 0.816. The van der Waals surface area contributed by atoms with Gasteiger partial charge in [-0.3, -0.25) is 4.98 Å². The highest BCUT2D eigenvalue weighted by molar-refractivity contribution is 5.23. The highest BCUT2D eigenvalue weighted by Gasteiger charge is 1.95. The number of para-hydroxylation sites is 1. The van der Waals surface area contributed by atoms with Crippen LogP contribution in [0.5, 0.6) is 5.75 Å². The van der Waals surface area contributed by atoms with E-state index >= 15 is 0 Å². The molecule has 0 aliphatic heterocycles. The largest absolute Gasteiger partial charge is 0.480 e. The van der Waals surface area contributed by atoms with Gasteiger partial charge in [0.15, 0.2) is 6.61 Å². The van der Waals surface area contributed by atoms with Crippen molar-refractivity contribution in [3.05, 3.63) is 67.0 Å². The predicted octanol–water partition coefficient (Wildman–Crippen LogP) is 2.67. The van der Waals surface area contributed by atoms with Crippen molar-refractivity contribution in [1.82, 2.24) is 4.98 Å². The SMILES string of the molecule is [CH](Oc1ccccc1)c1ccccn1. The van der Waals surface area contributed by atoms with Crippen molar-refractivity contribution in [2.24, 2.45) is 0 Å². The molecule has 0 fully saturated rings. The van der Waals surface area contributed by atoms with Crippen LogP contribution in [-0.2, 0) is 0 Å². The van der Waals surface area contributed by atoms with Gasteiger partial charge in [-0.2, -0.15) is 0 Å². The van der Waals surface area contributed by atoms with Gasteiger partial charge in [-0.15, -0.1) is 0 Å². The van der Waals surface area contributed by atoms with Crippen molar-refractivity contribution in [2.75, 3.05) is 0 Å². The lowest BCUT2D eigenvalue weighted by atomic mass is 10.3. The Morgan fingerprint density at radius 1 is 0.929 bits per heavy atom. The Morgan fingerprint density at radius 2 is 1.71 bits per heavy atom. The third kappa shape index (κ3) is 2.33. The van der Waals surface area contributed by atoms with Crippen LogP contribution in [0.15, 0.2) is 54.7 Å². The molecule has 2 aromatic rings. The predicted molar refractivity (Wildman–Crippen MR) is 54.7 cm³/mol. The van der Waals surface area contributed by atoms with Gasteiger partial charge in [-0.1, -0.05) is 24.3 Å². The second kappa shape index (κ2) is 4.42. The summed E-state index contributed by atoms with van der Waals surface area (Å²) in [4.78, 5) is 4.11. The van der Waals surface area contributed by atoms with E-state index in [9.17, 15) is 0 Å². The molecule has 0 unspecified atom stereocenters. The standard InChI is InChI=1S/C12H10NO/c1-2-7-12(8-3-1)14-10-11-6-4-5-9-13-11/h1-10H.